The van der Waals surface area contributed by atoms with Gasteiger partial charge in [0.05, 0.1) is 6.04 Å². The van der Waals surface area contributed by atoms with Gasteiger partial charge in [0.1, 0.15) is 12.1 Å². The summed E-state index contributed by atoms with van der Waals surface area (Å²) in [6.07, 6.45) is 3.88. The first-order chi connectivity index (χ1) is 22.4. The minimum atomic E-state index is -0.907. The number of carbonyl (C=O) groups is 4. The zero-order valence-corrected chi connectivity index (χ0v) is 26.9. The van der Waals surface area contributed by atoms with Crippen LogP contribution in [0, 0.1) is 0 Å². The van der Waals surface area contributed by atoms with Crippen LogP contribution >= 0.6 is 0 Å². The third-order valence-corrected chi connectivity index (χ3v) is 8.75. The predicted octanol–water partition coefficient (Wildman–Crippen LogP) is 3.98. The maximum absolute atomic E-state index is 14.1. The van der Waals surface area contributed by atoms with Crippen molar-refractivity contribution in [2.24, 2.45) is 5.73 Å². The second kappa shape index (κ2) is 17.3. The Morgan fingerprint density at radius 1 is 0.848 bits per heavy atom. The smallest absolute Gasteiger partial charge is 0.247 e. The third-order valence-electron chi connectivity index (χ3n) is 8.75. The average Bonchev–Trinajstić information content (AvgIpc) is 3.53. The number of carbonyl (C=O) groups excluding carboxylic acids is 4. The van der Waals surface area contributed by atoms with E-state index in [1.54, 1.807) is 16.7 Å². The average molecular weight is 626 g/mol. The van der Waals surface area contributed by atoms with Crippen LogP contribution < -0.4 is 16.4 Å². The number of nitrogens with zero attached hydrogens (tertiary/aromatic N) is 2. The molecule has 0 saturated carbocycles. The molecule has 3 atom stereocenters. The molecule has 0 aliphatic carbocycles. The summed E-state index contributed by atoms with van der Waals surface area (Å²) in [6.45, 7) is 2.31. The molecule has 3 aromatic rings. The van der Waals surface area contributed by atoms with Gasteiger partial charge in [-0.1, -0.05) is 97.9 Å². The van der Waals surface area contributed by atoms with Crippen molar-refractivity contribution in [1.82, 2.24) is 20.4 Å². The van der Waals surface area contributed by atoms with Crippen molar-refractivity contribution in [1.29, 1.82) is 0 Å². The summed E-state index contributed by atoms with van der Waals surface area (Å²) in [5, 5.41) is 6.09. The van der Waals surface area contributed by atoms with Gasteiger partial charge in [0, 0.05) is 32.0 Å². The Morgan fingerprint density at radius 3 is 2.02 bits per heavy atom. The number of fused-ring (bicyclic) bond motifs is 1. The van der Waals surface area contributed by atoms with Gasteiger partial charge in [-0.25, -0.2) is 0 Å². The van der Waals surface area contributed by atoms with Crippen LogP contribution in [0.3, 0.4) is 0 Å². The van der Waals surface area contributed by atoms with Gasteiger partial charge in [-0.3, -0.25) is 19.2 Å². The van der Waals surface area contributed by atoms with Crippen LogP contribution in [0.1, 0.15) is 68.2 Å². The molecule has 9 heteroatoms. The van der Waals surface area contributed by atoms with Gasteiger partial charge in [-0.2, -0.15) is 0 Å². The standard InChI is InChI=1S/C36H42N4O4.CH5N/c1-2-32(41)37-30-25-39(33(42)20-12-15-26-13-6-3-7-14-26)24-23-29-21-22-31(40(29)36(30)44)35(43)38-34(27-16-8-4-9-17-27)28-18-10-5-11-19-28;1-2/h3-11,13-14,16-19,29-31,34H,2,12,15,20-25H2,1H3,(H,37,41)(H,38,43);2H2,1H3/t29-,30?,31?;/m1./s1. The molecular formula is C37H47N5O4. The van der Waals surface area contributed by atoms with Crippen LogP contribution in [0.25, 0.3) is 0 Å². The Labute approximate surface area is 272 Å². The van der Waals surface area contributed by atoms with Crippen LogP contribution in [-0.4, -0.2) is 71.7 Å². The lowest BCUT2D eigenvalue weighted by atomic mass is 9.98. The van der Waals surface area contributed by atoms with E-state index in [0.29, 0.717) is 38.6 Å². The second-order valence-electron chi connectivity index (χ2n) is 11.7. The summed E-state index contributed by atoms with van der Waals surface area (Å²) in [4.78, 5) is 57.4. The Balaban J connectivity index is 0.00000235. The van der Waals surface area contributed by atoms with E-state index in [9.17, 15) is 19.2 Å². The molecule has 4 amide bonds. The minimum absolute atomic E-state index is 0.0150. The Morgan fingerprint density at radius 2 is 1.43 bits per heavy atom. The lowest BCUT2D eigenvalue weighted by Crippen LogP contribution is -2.61. The first-order valence-corrected chi connectivity index (χ1v) is 16.4. The fraction of sp³-hybridized carbons (Fsp3) is 0.405. The van der Waals surface area contributed by atoms with Crippen molar-refractivity contribution in [3.05, 3.63) is 108 Å². The molecule has 2 heterocycles. The van der Waals surface area contributed by atoms with Crippen molar-refractivity contribution in [3.8, 4) is 0 Å². The maximum Gasteiger partial charge on any atom is 0.247 e. The molecule has 2 saturated heterocycles. The van der Waals surface area contributed by atoms with E-state index in [-0.39, 0.29) is 48.7 Å². The highest BCUT2D eigenvalue weighted by atomic mass is 16.2. The van der Waals surface area contributed by atoms with Crippen molar-refractivity contribution >= 4 is 23.6 Å². The highest BCUT2D eigenvalue weighted by Gasteiger charge is 2.45. The summed E-state index contributed by atoms with van der Waals surface area (Å²) < 4.78 is 0. The number of amides is 4. The molecule has 244 valence electrons. The molecule has 3 aromatic carbocycles. The van der Waals surface area contributed by atoms with Gasteiger partial charge in [0.15, 0.2) is 0 Å². The van der Waals surface area contributed by atoms with Gasteiger partial charge < -0.3 is 26.2 Å². The lowest BCUT2D eigenvalue weighted by molar-refractivity contribution is -0.147. The fourth-order valence-electron chi connectivity index (χ4n) is 6.40. The summed E-state index contributed by atoms with van der Waals surface area (Å²) in [7, 11) is 1.50. The van der Waals surface area contributed by atoms with Gasteiger partial charge in [0.2, 0.25) is 23.6 Å². The lowest BCUT2D eigenvalue weighted by Gasteiger charge is -2.39. The third kappa shape index (κ3) is 8.81. The molecule has 0 aromatic heterocycles. The number of hydrogen-bond acceptors (Lipinski definition) is 5. The van der Waals surface area contributed by atoms with E-state index >= 15 is 0 Å². The number of aryl methyl sites for hydroxylation is 1. The summed E-state index contributed by atoms with van der Waals surface area (Å²) in [5.74, 6) is -0.787. The summed E-state index contributed by atoms with van der Waals surface area (Å²) in [6, 6.07) is 27.5. The topological polar surface area (TPSA) is 125 Å². The van der Waals surface area contributed by atoms with E-state index < -0.39 is 12.1 Å². The van der Waals surface area contributed by atoms with E-state index in [1.807, 2.05) is 78.9 Å². The van der Waals surface area contributed by atoms with Crippen molar-refractivity contribution < 1.29 is 19.2 Å². The van der Waals surface area contributed by atoms with E-state index in [4.69, 9.17) is 0 Å². The van der Waals surface area contributed by atoms with Crippen LogP contribution in [0.15, 0.2) is 91.0 Å². The van der Waals surface area contributed by atoms with Crippen molar-refractivity contribution in [3.63, 3.8) is 0 Å². The molecule has 2 aliphatic rings. The quantitative estimate of drug-likeness (QED) is 0.315. The maximum atomic E-state index is 14.1. The molecule has 4 N–H and O–H groups in total. The van der Waals surface area contributed by atoms with Gasteiger partial charge in [0.25, 0.3) is 0 Å². The Bertz CT molecular complexity index is 1380. The van der Waals surface area contributed by atoms with Crippen LogP contribution in [0.5, 0.6) is 0 Å². The normalized spacial score (nSPS) is 19.3. The molecule has 2 aliphatic heterocycles. The second-order valence-corrected chi connectivity index (χ2v) is 11.7. The van der Waals surface area contributed by atoms with Crippen LogP contribution in [-0.2, 0) is 25.6 Å². The van der Waals surface area contributed by atoms with E-state index in [2.05, 4.69) is 28.5 Å². The van der Waals surface area contributed by atoms with E-state index in [0.717, 1.165) is 17.5 Å². The molecule has 2 unspecified atom stereocenters. The Kier molecular flexibility index (Phi) is 12.9. The summed E-state index contributed by atoms with van der Waals surface area (Å²) in [5.41, 5.74) is 7.59. The highest BCUT2D eigenvalue weighted by molar-refractivity contribution is 5.93. The number of benzene rings is 3. The van der Waals surface area contributed by atoms with Crippen molar-refractivity contribution in [2.75, 3.05) is 20.1 Å². The zero-order chi connectivity index (χ0) is 32.9. The number of nitrogens with two attached hydrogens (primary N) is 1. The number of rotatable bonds is 10. The molecule has 46 heavy (non-hydrogen) atoms. The summed E-state index contributed by atoms with van der Waals surface area (Å²) >= 11 is 0. The molecule has 0 bridgehead atoms. The van der Waals surface area contributed by atoms with Gasteiger partial charge in [-0.05, 0) is 55.8 Å². The van der Waals surface area contributed by atoms with Gasteiger partial charge in [-0.15, -0.1) is 0 Å². The SMILES string of the molecule is CCC(=O)NC1CN(C(=O)CCCc2ccccc2)CC[C@H]2CCC(C(=O)NC(c3ccccc3)c3ccccc3)N2C1=O.CN. The molecule has 9 nitrogen and oxygen atoms in total. The zero-order valence-electron chi connectivity index (χ0n) is 26.9. The minimum Gasteiger partial charge on any atom is -0.343 e. The molecule has 2 fully saturated rings. The fourth-order valence-corrected chi connectivity index (χ4v) is 6.40. The first-order valence-electron chi connectivity index (χ1n) is 16.4. The van der Waals surface area contributed by atoms with E-state index in [1.165, 1.54) is 12.6 Å². The first kappa shape index (κ1) is 34.4. The molecule has 0 radical (unpaired) electrons. The predicted molar refractivity (Wildman–Crippen MR) is 179 cm³/mol. The number of hydrogen-bond donors (Lipinski definition) is 3. The monoisotopic (exact) mass is 625 g/mol. The molecule has 5 rings (SSSR count). The van der Waals surface area contributed by atoms with Crippen LogP contribution in [0.4, 0.5) is 0 Å². The molecular weight excluding hydrogens is 578 g/mol. The highest BCUT2D eigenvalue weighted by Crippen LogP contribution is 2.31. The Hall–Kier alpha value is -4.50. The number of nitrogens with one attached hydrogen (secondary N) is 2. The van der Waals surface area contributed by atoms with Gasteiger partial charge >= 0.3 is 0 Å². The molecule has 0 spiro atoms. The van der Waals surface area contributed by atoms with Crippen molar-refractivity contribution in [2.45, 2.75) is 76.0 Å². The van der Waals surface area contributed by atoms with Crippen LogP contribution in [0.2, 0.25) is 0 Å². The largest absolute Gasteiger partial charge is 0.343 e.